The van der Waals surface area contributed by atoms with Crippen molar-refractivity contribution in [3.05, 3.63) is 0 Å². The van der Waals surface area contributed by atoms with Crippen molar-refractivity contribution < 1.29 is 6.15 Å². The van der Waals surface area contributed by atoms with Crippen LogP contribution in [0.5, 0.6) is 0 Å². The fraction of sp³-hybridized carbons (Fsp3) is 1.00. The van der Waals surface area contributed by atoms with Gasteiger partial charge in [-0.3, -0.25) is 0 Å². The van der Waals surface area contributed by atoms with Gasteiger partial charge in [-0.2, -0.15) is 0 Å². The molecule has 0 aliphatic rings. The van der Waals surface area contributed by atoms with E-state index in [4.69, 9.17) is 11.9 Å². The summed E-state index contributed by atoms with van der Waals surface area (Å²) in [5.41, 5.74) is 5.62. The second-order valence-electron chi connectivity index (χ2n) is 4.56. The van der Waals surface area contributed by atoms with Crippen LogP contribution in [0.3, 0.4) is 0 Å². The molecule has 4 heteroatoms. The first-order chi connectivity index (χ1) is 8.24. The predicted octanol–water partition coefficient (Wildman–Crippen LogP) is 3.43. The Kier molecular flexibility index (Phi) is 12.2. The van der Waals surface area contributed by atoms with Crippen molar-refractivity contribution in [2.24, 2.45) is 5.73 Å². The van der Waals surface area contributed by atoms with E-state index in [0.717, 1.165) is 47.9 Å². The maximum atomic E-state index is 6.20. The summed E-state index contributed by atoms with van der Waals surface area (Å²) in [4.78, 5) is 0. The van der Waals surface area contributed by atoms with Crippen LogP contribution >= 0.6 is 0 Å². The quantitative estimate of drug-likeness (QED) is 0.432. The third-order valence-electron chi connectivity index (χ3n) is 3.03. The zero-order valence-corrected chi connectivity index (χ0v) is 14.8. The fourth-order valence-corrected chi connectivity index (χ4v) is 10.0. The van der Waals surface area contributed by atoms with E-state index < -0.39 is 19.2 Å². The van der Waals surface area contributed by atoms with Gasteiger partial charge in [-0.1, -0.05) is 0 Å². The Morgan fingerprint density at radius 3 is 1.76 bits per heavy atom. The van der Waals surface area contributed by atoms with E-state index in [-0.39, 0.29) is 0 Å². The molecule has 0 atom stereocenters. The second-order valence-corrected chi connectivity index (χ2v) is 14.9. The summed E-state index contributed by atoms with van der Waals surface area (Å²) in [6.07, 6.45) is 5.74. The third-order valence-corrected chi connectivity index (χ3v) is 13.5. The van der Waals surface area contributed by atoms with Crippen LogP contribution in [0.1, 0.15) is 52.9 Å². The molecule has 0 saturated carbocycles. The molecule has 0 radical (unpaired) electrons. The summed E-state index contributed by atoms with van der Waals surface area (Å²) in [5, 5.41) is 0. The molecule has 0 saturated heterocycles. The molecule has 0 spiro atoms. The summed E-state index contributed by atoms with van der Waals surface area (Å²) in [7, 11) is 0. The van der Waals surface area contributed by atoms with Crippen LogP contribution in [0.4, 0.5) is 0 Å². The molecule has 0 heterocycles. The van der Waals surface area contributed by atoms with Crippen molar-refractivity contribution >= 4 is 19.2 Å². The van der Waals surface area contributed by atoms with Gasteiger partial charge in [-0.05, 0) is 0 Å². The van der Waals surface area contributed by atoms with E-state index in [1.54, 1.807) is 0 Å². The van der Waals surface area contributed by atoms with Gasteiger partial charge in [0.15, 0.2) is 0 Å². The van der Waals surface area contributed by atoms with Crippen LogP contribution in [0.15, 0.2) is 0 Å². The van der Waals surface area contributed by atoms with Crippen molar-refractivity contribution in [1.82, 2.24) is 0 Å². The molecule has 2 N–H and O–H groups in total. The molecule has 3 nitrogen and oxygen atoms in total. The molecule has 0 unspecified atom stereocenters. The number of unbranched alkanes of at least 4 members (excludes halogenated alkanes) is 2. The van der Waals surface area contributed by atoms with Crippen LogP contribution in [-0.2, 0) is 6.15 Å². The molecule has 0 aliphatic carbocycles. The summed E-state index contributed by atoms with van der Waals surface area (Å²) in [6.45, 7) is 9.15. The Balaban J connectivity index is 4.17. The van der Waals surface area contributed by atoms with E-state index in [0.29, 0.717) is 0 Å². The van der Waals surface area contributed by atoms with Crippen molar-refractivity contribution in [1.29, 1.82) is 0 Å². The first kappa shape index (κ1) is 17.7. The van der Waals surface area contributed by atoms with Gasteiger partial charge < -0.3 is 0 Å². The molecule has 104 valence electrons. The van der Waals surface area contributed by atoms with Crippen LogP contribution in [0.2, 0.25) is 8.87 Å². The number of nitrogens with two attached hydrogens (primary N) is 1. The molecular weight excluding hydrogens is 321 g/mol. The fourth-order valence-electron chi connectivity index (χ4n) is 1.74. The molecule has 0 rings (SSSR count). The van der Waals surface area contributed by atoms with Crippen molar-refractivity contribution in [2.75, 3.05) is 19.8 Å². The Labute approximate surface area is 112 Å². The zero-order chi connectivity index (χ0) is 13.0. The molecule has 0 aromatic rings. The van der Waals surface area contributed by atoms with Crippen LogP contribution in [0.25, 0.3) is 0 Å². The SMILES string of the molecule is CCCC[O][Sn]([CH2]C)([CH2]CCN)[O]CCCC. The average molecular weight is 352 g/mol. The van der Waals surface area contributed by atoms with Gasteiger partial charge in [-0.15, -0.1) is 0 Å². The van der Waals surface area contributed by atoms with Crippen LogP contribution in [-0.4, -0.2) is 39.0 Å². The molecular formula is C13H31NO2Sn. The normalized spacial score (nSPS) is 12.0. The number of hydrogen-bond donors (Lipinski definition) is 1. The van der Waals surface area contributed by atoms with Crippen LogP contribution in [0, 0.1) is 0 Å². The first-order valence-corrected chi connectivity index (χ1v) is 13.6. The Morgan fingerprint density at radius 2 is 1.41 bits per heavy atom. The Morgan fingerprint density at radius 1 is 0.882 bits per heavy atom. The minimum absolute atomic E-state index is 0.757. The van der Waals surface area contributed by atoms with Gasteiger partial charge in [-0.25, -0.2) is 0 Å². The van der Waals surface area contributed by atoms with Crippen molar-refractivity contribution in [3.8, 4) is 0 Å². The molecule has 0 aromatic carbocycles. The van der Waals surface area contributed by atoms with E-state index in [1.807, 2.05) is 0 Å². The predicted molar refractivity (Wildman–Crippen MR) is 76.4 cm³/mol. The van der Waals surface area contributed by atoms with E-state index in [1.165, 1.54) is 12.8 Å². The summed E-state index contributed by atoms with van der Waals surface area (Å²) < 4.78 is 14.6. The molecule has 0 amide bonds. The standard InChI is InChI=1S/2C4H9O.C3H8N.C2H5.Sn/c2*1-2-3-4-5;1-2-3-4;1-2;/h2*2-4H2,1H3;1-4H2;1H2,2H3;/q2*-1;;;+2. The molecule has 0 bridgehead atoms. The van der Waals surface area contributed by atoms with E-state index in [2.05, 4.69) is 20.8 Å². The number of rotatable bonds is 12. The molecule has 0 fully saturated rings. The molecule has 0 aliphatic heterocycles. The maximum absolute atomic E-state index is 6.20. The summed E-state index contributed by atoms with van der Waals surface area (Å²) in [5.74, 6) is 0. The topological polar surface area (TPSA) is 44.5 Å². The van der Waals surface area contributed by atoms with Gasteiger partial charge in [0.1, 0.15) is 0 Å². The number of hydrogen-bond acceptors (Lipinski definition) is 3. The van der Waals surface area contributed by atoms with Crippen molar-refractivity contribution in [2.45, 2.75) is 61.7 Å². The second kappa shape index (κ2) is 11.8. The molecule has 0 aromatic heterocycles. The minimum atomic E-state index is -2.74. The van der Waals surface area contributed by atoms with Gasteiger partial charge in [0, 0.05) is 0 Å². The van der Waals surface area contributed by atoms with Crippen molar-refractivity contribution in [3.63, 3.8) is 0 Å². The van der Waals surface area contributed by atoms with E-state index in [9.17, 15) is 0 Å². The first-order valence-electron chi connectivity index (χ1n) is 7.22. The average Bonchev–Trinajstić information content (AvgIpc) is 2.36. The van der Waals surface area contributed by atoms with Gasteiger partial charge >= 0.3 is 113 Å². The summed E-state index contributed by atoms with van der Waals surface area (Å²) >= 11 is -2.74. The summed E-state index contributed by atoms with van der Waals surface area (Å²) in [6, 6.07) is 0. The zero-order valence-electron chi connectivity index (χ0n) is 12.0. The third kappa shape index (κ3) is 8.40. The van der Waals surface area contributed by atoms with Gasteiger partial charge in [0.05, 0.1) is 0 Å². The monoisotopic (exact) mass is 353 g/mol. The van der Waals surface area contributed by atoms with Crippen LogP contribution < -0.4 is 5.73 Å². The van der Waals surface area contributed by atoms with Gasteiger partial charge in [0.2, 0.25) is 0 Å². The Bertz CT molecular complexity index is 157. The van der Waals surface area contributed by atoms with Gasteiger partial charge in [0.25, 0.3) is 0 Å². The molecule has 17 heavy (non-hydrogen) atoms. The van der Waals surface area contributed by atoms with E-state index >= 15 is 0 Å². The Hall–Kier alpha value is 0.679.